The zero-order valence-corrected chi connectivity index (χ0v) is 12.3. The summed E-state index contributed by atoms with van der Waals surface area (Å²) in [6, 6.07) is 7.63. The number of aromatic nitrogens is 2. The molecule has 112 valence electrons. The number of hydrogen-bond donors (Lipinski definition) is 1. The second-order valence-electron chi connectivity index (χ2n) is 4.78. The first-order valence-electron chi connectivity index (χ1n) is 6.49. The van der Waals surface area contributed by atoms with Gasteiger partial charge in [-0.25, -0.2) is 9.37 Å². The lowest BCUT2D eigenvalue weighted by Crippen LogP contribution is -2.01. The molecule has 0 atom stereocenters. The highest BCUT2D eigenvalue weighted by Gasteiger charge is 2.10. The number of ketones is 1. The van der Waals surface area contributed by atoms with Gasteiger partial charge in [-0.15, -0.1) is 0 Å². The minimum Gasteiger partial charge on any atom is -0.423 e. The van der Waals surface area contributed by atoms with Crippen molar-refractivity contribution in [1.82, 2.24) is 9.97 Å². The van der Waals surface area contributed by atoms with Gasteiger partial charge in [0.05, 0.1) is 5.69 Å². The van der Waals surface area contributed by atoms with Crippen LogP contribution in [0.25, 0.3) is 11.1 Å². The molecule has 0 aliphatic carbocycles. The number of oxazole rings is 1. The van der Waals surface area contributed by atoms with E-state index in [0.29, 0.717) is 22.5 Å². The Bertz CT molecular complexity index is 863. The Balaban J connectivity index is 1.86. The molecule has 1 aromatic carbocycles. The average molecular weight is 320 g/mol. The number of rotatable bonds is 4. The van der Waals surface area contributed by atoms with Crippen LogP contribution in [0, 0.1) is 5.82 Å². The van der Waals surface area contributed by atoms with Gasteiger partial charge in [-0.2, -0.15) is 4.98 Å². The molecule has 1 N–H and O–H groups in total. The number of Topliss-reactive ketones (excluding diaryl/α,β-unsaturated/α-hetero) is 1. The molecule has 2 aromatic heterocycles. The van der Waals surface area contributed by atoms with Crippen LogP contribution in [0.5, 0.6) is 0 Å². The van der Waals surface area contributed by atoms with Crippen molar-refractivity contribution in [1.29, 1.82) is 0 Å². The number of halogens is 2. The zero-order chi connectivity index (χ0) is 15.7. The fourth-order valence-corrected chi connectivity index (χ4v) is 2.21. The summed E-state index contributed by atoms with van der Waals surface area (Å²) >= 11 is 6.07. The van der Waals surface area contributed by atoms with Crippen LogP contribution in [0.3, 0.4) is 0 Å². The largest absolute Gasteiger partial charge is 0.423 e. The molecule has 0 amide bonds. The minimum absolute atomic E-state index is 0.00486. The number of fused-ring (bicyclic) bond motifs is 1. The van der Waals surface area contributed by atoms with Crippen LogP contribution >= 0.6 is 11.6 Å². The lowest BCUT2D eigenvalue weighted by molar-refractivity contribution is -0.116. The number of benzene rings is 1. The molecule has 5 nitrogen and oxygen atoms in total. The molecule has 0 saturated carbocycles. The molecule has 0 bridgehead atoms. The van der Waals surface area contributed by atoms with Crippen molar-refractivity contribution in [2.24, 2.45) is 0 Å². The van der Waals surface area contributed by atoms with E-state index in [-0.39, 0.29) is 29.2 Å². The Kier molecular flexibility index (Phi) is 3.77. The second kappa shape index (κ2) is 5.73. The maximum absolute atomic E-state index is 13.1. The Morgan fingerprint density at radius 2 is 2.14 bits per heavy atom. The van der Waals surface area contributed by atoms with Crippen LogP contribution in [0.2, 0.25) is 5.15 Å². The first-order chi connectivity index (χ1) is 10.5. The van der Waals surface area contributed by atoms with Crippen molar-refractivity contribution in [3.63, 3.8) is 0 Å². The van der Waals surface area contributed by atoms with E-state index in [4.69, 9.17) is 16.0 Å². The van der Waals surface area contributed by atoms with Crippen LogP contribution in [0.4, 0.5) is 16.1 Å². The third-order valence-electron chi connectivity index (χ3n) is 2.93. The summed E-state index contributed by atoms with van der Waals surface area (Å²) in [7, 11) is 0. The van der Waals surface area contributed by atoms with E-state index in [1.165, 1.54) is 25.1 Å². The molecule has 0 saturated heterocycles. The number of anilines is 2. The van der Waals surface area contributed by atoms with Crippen molar-refractivity contribution in [2.45, 2.75) is 13.3 Å². The zero-order valence-electron chi connectivity index (χ0n) is 11.6. The standard InChI is InChI=1S/C15H11ClFN3O2/c1-8(21)6-10-3-4-11(14(16)18-10)19-15-20-12-7-9(17)2-5-13(12)22-15/h2-5,7H,6H2,1H3,(H,19,20). The van der Waals surface area contributed by atoms with Crippen LogP contribution in [0.1, 0.15) is 12.6 Å². The molecule has 2 heterocycles. The Labute approximate surface area is 130 Å². The Hall–Kier alpha value is -2.47. The third kappa shape index (κ3) is 3.07. The van der Waals surface area contributed by atoms with E-state index in [1.807, 2.05) is 0 Å². The van der Waals surface area contributed by atoms with Crippen LogP contribution in [0.15, 0.2) is 34.7 Å². The molecule has 22 heavy (non-hydrogen) atoms. The van der Waals surface area contributed by atoms with Gasteiger partial charge in [0.25, 0.3) is 6.01 Å². The van der Waals surface area contributed by atoms with Crippen molar-refractivity contribution in [2.75, 3.05) is 5.32 Å². The highest BCUT2D eigenvalue weighted by atomic mass is 35.5. The van der Waals surface area contributed by atoms with Gasteiger partial charge >= 0.3 is 0 Å². The molecule has 0 aliphatic heterocycles. The fourth-order valence-electron chi connectivity index (χ4n) is 1.99. The van der Waals surface area contributed by atoms with Crippen LogP contribution in [-0.2, 0) is 11.2 Å². The summed E-state index contributed by atoms with van der Waals surface area (Å²) < 4.78 is 18.6. The van der Waals surface area contributed by atoms with E-state index in [9.17, 15) is 9.18 Å². The monoisotopic (exact) mass is 319 g/mol. The van der Waals surface area contributed by atoms with Gasteiger partial charge in [-0.3, -0.25) is 4.79 Å². The number of pyridine rings is 1. The molecule has 3 aromatic rings. The lowest BCUT2D eigenvalue weighted by atomic mass is 10.2. The van der Waals surface area contributed by atoms with E-state index < -0.39 is 0 Å². The molecule has 3 rings (SSSR count). The lowest BCUT2D eigenvalue weighted by Gasteiger charge is -2.05. The topological polar surface area (TPSA) is 68.0 Å². The van der Waals surface area contributed by atoms with Gasteiger partial charge in [-0.05, 0) is 31.2 Å². The van der Waals surface area contributed by atoms with E-state index in [0.717, 1.165) is 0 Å². The summed E-state index contributed by atoms with van der Waals surface area (Å²) in [6.45, 7) is 1.49. The molecule has 7 heteroatoms. The highest BCUT2D eigenvalue weighted by molar-refractivity contribution is 6.32. The van der Waals surface area contributed by atoms with Gasteiger partial charge < -0.3 is 9.73 Å². The first kappa shape index (κ1) is 14.5. The number of nitrogens with zero attached hydrogens (tertiary/aromatic N) is 2. The van der Waals surface area contributed by atoms with E-state index in [1.54, 1.807) is 12.1 Å². The highest BCUT2D eigenvalue weighted by Crippen LogP contribution is 2.26. The van der Waals surface area contributed by atoms with E-state index in [2.05, 4.69) is 15.3 Å². The molecular weight excluding hydrogens is 309 g/mol. The van der Waals surface area contributed by atoms with Crippen molar-refractivity contribution >= 4 is 40.2 Å². The summed E-state index contributed by atoms with van der Waals surface area (Å²) in [4.78, 5) is 19.3. The van der Waals surface area contributed by atoms with Gasteiger partial charge in [0.15, 0.2) is 10.7 Å². The minimum atomic E-state index is -0.388. The van der Waals surface area contributed by atoms with Crippen molar-refractivity contribution < 1.29 is 13.6 Å². The molecular formula is C15H11ClFN3O2. The number of nitrogens with one attached hydrogen (secondary N) is 1. The van der Waals surface area contributed by atoms with Gasteiger partial charge in [0.1, 0.15) is 17.1 Å². The quantitative estimate of drug-likeness (QED) is 0.739. The van der Waals surface area contributed by atoms with Crippen molar-refractivity contribution in [3.8, 4) is 0 Å². The first-order valence-corrected chi connectivity index (χ1v) is 6.87. The van der Waals surface area contributed by atoms with Crippen molar-refractivity contribution in [3.05, 3.63) is 47.0 Å². The third-order valence-corrected chi connectivity index (χ3v) is 3.22. The normalized spacial score (nSPS) is 10.9. The summed E-state index contributed by atoms with van der Waals surface area (Å²) in [5.41, 5.74) is 1.93. The molecule has 0 unspecified atom stereocenters. The second-order valence-corrected chi connectivity index (χ2v) is 5.13. The van der Waals surface area contributed by atoms with Gasteiger partial charge in [0.2, 0.25) is 0 Å². The number of carbonyl (C=O) groups excluding carboxylic acids is 1. The molecule has 0 aliphatic rings. The number of carbonyl (C=O) groups is 1. The van der Waals surface area contributed by atoms with Gasteiger partial charge in [-0.1, -0.05) is 11.6 Å². The summed E-state index contributed by atoms with van der Waals surface area (Å²) in [6.07, 6.45) is 0.224. The smallest absolute Gasteiger partial charge is 0.300 e. The molecule has 0 spiro atoms. The van der Waals surface area contributed by atoms with Gasteiger partial charge in [0, 0.05) is 18.2 Å². The molecule has 0 fully saturated rings. The maximum atomic E-state index is 13.1. The average Bonchev–Trinajstić information content (AvgIpc) is 2.82. The van der Waals surface area contributed by atoms with Crippen LogP contribution < -0.4 is 5.32 Å². The van der Waals surface area contributed by atoms with Crippen LogP contribution in [-0.4, -0.2) is 15.8 Å². The number of hydrogen-bond acceptors (Lipinski definition) is 5. The Morgan fingerprint density at radius 1 is 1.32 bits per heavy atom. The summed E-state index contributed by atoms with van der Waals surface area (Å²) in [5, 5.41) is 3.08. The Morgan fingerprint density at radius 3 is 2.86 bits per heavy atom. The summed E-state index contributed by atoms with van der Waals surface area (Å²) in [5.74, 6) is -0.383. The SMILES string of the molecule is CC(=O)Cc1ccc(Nc2nc3cc(F)ccc3o2)c(Cl)n1. The molecule has 0 radical (unpaired) electrons. The predicted octanol–water partition coefficient (Wildman–Crippen LogP) is 3.89. The fraction of sp³-hybridized carbons (Fsp3) is 0.133. The maximum Gasteiger partial charge on any atom is 0.300 e. The van der Waals surface area contributed by atoms with E-state index >= 15 is 0 Å². The predicted molar refractivity (Wildman–Crippen MR) is 80.9 cm³/mol.